The van der Waals surface area contributed by atoms with Gasteiger partial charge in [0, 0.05) is 6.54 Å². The van der Waals surface area contributed by atoms with E-state index in [1.807, 2.05) is 0 Å². The number of hydrogen-bond acceptors (Lipinski definition) is 3. The minimum absolute atomic E-state index is 0. The number of rotatable bonds is 1. The molecule has 3 nitrogen and oxygen atoms in total. The van der Waals surface area contributed by atoms with Crippen LogP contribution in [0.2, 0.25) is 0 Å². The highest BCUT2D eigenvalue weighted by molar-refractivity contribution is 5.85. The summed E-state index contributed by atoms with van der Waals surface area (Å²) in [7, 11) is 0. The Balaban J connectivity index is 0.00000128. The number of β-amino-alcohol motifs (C(OH)–C–C–N with tert-alkyl or cyclic N) is 1. The van der Waals surface area contributed by atoms with Crippen molar-refractivity contribution in [3.05, 3.63) is 29.8 Å². The third-order valence-corrected chi connectivity index (χ3v) is 2.80. The number of nitrogens with one attached hydrogen (secondary N) is 1. The third-order valence-electron chi connectivity index (χ3n) is 2.80. The molecule has 0 spiro atoms. The van der Waals surface area contributed by atoms with Gasteiger partial charge in [-0.15, -0.1) is 12.4 Å². The molecule has 16 heavy (non-hydrogen) atoms. The first-order chi connectivity index (χ1) is 7.21. The molecule has 0 saturated carbocycles. The van der Waals surface area contributed by atoms with Crippen LogP contribution in [0.15, 0.2) is 18.2 Å². The summed E-state index contributed by atoms with van der Waals surface area (Å²) in [4.78, 5) is 3.75. The van der Waals surface area contributed by atoms with Crippen molar-refractivity contribution < 1.29 is 9.50 Å². The lowest BCUT2D eigenvalue weighted by atomic mass is 9.93. The third kappa shape index (κ3) is 2.90. The lowest BCUT2D eigenvalue weighted by Gasteiger charge is -2.25. The number of aliphatic hydroxyl groups is 1. The zero-order chi connectivity index (χ0) is 10.7. The van der Waals surface area contributed by atoms with Crippen LogP contribution in [0.3, 0.4) is 0 Å². The van der Waals surface area contributed by atoms with Crippen LogP contribution >= 0.6 is 12.4 Å². The van der Waals surface area contributed by atoms with Crippen LogP contribution in [0.1, 0.15) is 25.0 Å². The molecule has 90 valence electrons. The van der Waals surface area contributed by atoms with E-state index < -0.39 is 11.5 Å². The molecule has 0 amide bonds. The van der Waals surface area contributed by atoms with Crippen molar-refractivity contribution in [3.8, 4) is 0 Å². The molecular weight excluding hydrogens is 231 g/mol. The van der Waals surface area contributed by atoms with Gasteiger partial charge in [-0.1, -0.05) is 6.07 Å². The molecule has 2 N–H and O–H groups in total. The molecule has 1 aliphatic heterocycles. The van der Waals surface area contributed by atoms with Crippen LogP contribution in [0.4, 0.5) is 4.39 Å². The second kappa shape index (κ2) is 5.57. The Morgan fingerprint density at radius 3 is 2.94 bits per heavy atom. The van der Waals surface area contributed by atoms with E-state index in [4.69, 9.17) is 0 Å². The zero-order valence-corrected chi connectivity index (χ0v) is 9.76. The van der Waals surface area contributed by atoms with E-state index in [0.29, 0.717) is 18.7 Å². The summed E-state index contributed by atoms with van der Waals surface area (Å²) < 4.78 is 13.0. The van der Waals surface area contributed by atoms with Crippen molar-refractivity contribution in [3.63, 3.8) is 0 Å². The van der Waals surface area contributed by atoms with Gasteiger partial charge in [0.2, 0.25) is 5.95 Å². The molecule has 0 aliphatic carbocycles. The highest BCUT2D eigenvalue weighted by Gasteiger charge is 2.31. The summed E-state index contributed by atoms with van der Waals surface area (Å²) in [6, 6.07) is 4.55. The molecule has 1 aliphatic rings. The fourth-order valence-electron chi connectivity index (χ4n) is 1.94. The van der Waals surface area contributed by atoms with E-state index in [0.717, 1.165) is 19.4 Å². The average molecular weight is 247 g/mol. The van der Waals surface area contributed by atoms with Gasteiger partial charge in [-0.3, -0.25) is 0 Å². The number of aromatic nitrogens is 1. The van der Waals surface area contributed by atoms with E-state index in [-0.39, 0.29) is 12.4 Å². The summed E-state index contributed by atoms with van der Waals surface area (Å²) in [6.07, 6.45) is 2.61. The second-order valence-corrected chi connectivity index (χ2v) is 4.01. The van der Waals surface area contributed by atoms with E-state index in [9.17, 15) is 9.50 Å². The lowest BCUT2D eigenvalue weighted by Crippen LogP contribution is -2.37. The van der Waals surface area contributed by atoms with Gasteiger partial charge in [-0.2, -0.15) is 4.39 Å². The molecule has 1 unspecified atom stereocenters. The maximum absolute atomic E-state index is 13.0. The molecular formula is C11H16ClFN2O. The van der Waals surface area contributed by atoms with E-state index in [2.05, 4.69) is 10.3 Å². The van der Waals surface area contributed by atoms with Gasteiger partial charge in [-0.25, -0.2) is 4.98 Å². The zero-order valence-electron chi connectivity index (χ0n) is 8.95. The number of pyridine rings is 1. The van der Waals surface area contributed by atoms with Gasteiger partial charge in [0.05, 0.1) is 5.69 Å². The summed E-state index contributed by atoms with van der Waals surface area (Å²) in [6.45, 7) is 1.35. The normalized spacial score (nSPS) is 25.6. The van der Waals surface area contributed by atoms with E-state index in [1.165, 1.54) is 6.07 Å². The minimum atomic E-state index is -1.02. The van der Waals surface area contributed by atoms with Gasteiger partial charge in [-0.05, 0) is 37.9 Å². The molecule has 1 aromatic rings. The van der Waals surface area contributed by atoms with Crippen LogP contribution < -0.4 is 5.32 Å². The first-order valence-electron chi connectivity index (χ1n) is 5.27. The molecule has 2 heterocycles. The second-order valence-electron chi connectivity index (χ2n) is 4.01. The van der Waals surface area contributed by atoms with Gasteiger partial charge >= 0.3 is 0 Å². The first-order valence-corrected chi connectivity index (χ1v) is 5.27. The summed E-state index contributed by atoms with van der Waals surface area (Å²) in [5.74, 6) is -0.537. The molecule has 1 aromatic heterocycles. The van der Waals surface area contributed by atoms with Crippen LogP contribution in [0.25, 0.3) is 0 Å². The average Bonchev–Trinajstić information content (AvgIpc) is 2.44. The molecule has 5 heteroatoms. The predicted octanol–water partition coefficient (Wildman–Crippen LogP) is 1.60. The maximum atomic E-state index is 13.0. The molecule has 2 rings (SSSR count). The molecule has 1 saturated heterocycles. The first kappa shape index (κ1) is 13.4. The van der Waals surface area contributed by atoms with Crippen molar-refractivity contribution in [1.82, 2.24) is 10.3 Å². The van der Waals surface area contributed by atoms with Crippen LogP contribution in [0.5, 0.6) is 0 Å². The topological polar surface area (TPSA) is 45.2 Å². The Hall–Kier alpha value is -0.710. The summed E-state index contributed by atoms with van der Waals surface area (Å²) >= 11 is 0. The predicted molar refractivity (Wildman–Crippen MR) is 62.1 cm³/mol. The molecule has 0 aromatic carbocycles. The van der Waals surface area contributed by atoms with Crippen molar-refractivity contribution >= 4 is 12.4 Å². The maximum Gasteiger partial charge on any atom is 0.213 e. The fraction of sp³-hybridized carbons (Fsp3) is 0.545. The monoisotopic (exact) mass is 246 g/mol. The van der Waals surface area contributed by atoms with Crippen molar-refractivity contribution in [2.75, 3.05) is 13.1 Å². The minimum Gasteiger partial charge on any atom is -0.382 e. The SMILES string of the molecule is Cl.OC1(c2cccc(F)n2)CCCCNC1. The smallest absolute Gasteiger partial charge is 0.213 e. The molecule has 1 atom stereocenters. The Bertz CT molecular complexity index is 341. The Morgan fingerprint density at radius 2 is 2.19 bits per heavy atom. The van der Waals surface area contributed by atoms with Gasteiger partial charge in [0.1, 0.15) is 5.60 Å². The van der Waals surface area contributed by atoms with Crippen LogP contribution in [-0.4, -0.2) is 23.2 Å². The Labute approximate surface area is 100 Å². The number of hydrogen-bond donors (Lipinski definition) is 2. The molecule has 0 radical (unpaired) electrons. The Morgan fingerprint density at radius 1 is 1.38 bits per heavy atom. The highest BCUT2D eigenvalue weighted by Crippen LogP contribution is 2.26. The highest BCUT2D eigenvalue weighted by atomic mass is 35.5. The largest absolute Gasteiger partial charge is 0.382 e. The van der Waals surface area contributed by atoms with Crippen molar-refractivity contribution in [2.45, 2.75) is 24.9 Å². The van der Waals surface area contributed by atoms with Crippen molar-refractivity contribution in [1.29, 1.82) is 0 Å². The standard InChI is InChI=1S/C11H15FN2O.ClH/c12-10-5-3-4-9(14-10)11(15)6-1-2-7-13-8-11;/h3-5,13,15H,1-2,6-8H2;1H. The van der Waals surface area contributed by atoms with Crippen molar-refractivity contribution in [2.24, 2.45) is 0 Å². The van der Waals surface area contributed by atoms with Gasteiger partial charge < -0.3 is 10.4 Å². The Kier molecular flexibility index (Phi) is 4.65. The van der Waals surface area contributed by atoms with E-state index in [1.54, 1.807) is 12.1 Å². The molecule has 1 fully saturated rings. The van der Waals surface area contributed by atoms with Gasteiger partial charge in [0.15, 0.2) is 0 Å². The van der Waals surface area contributed by atoms with Crippen LogP contribution in [0, 0.1) is 5.95 Å². The van der Waals surface area contributed by atoms with E-state index >= 15 is 0 Å². The summed E-state index contributed by atoms with van der Waals surface area (Å²) in [5.41, 5.74) is -0.588. The quantitative estimate of drug-likeness (QED) is 0.740. The summed E-state index contributed by atoms with van der Waals surface area (Å²) in [5, 5.41) is 13.5. The molecule has 0 bridgehead atoms. The number of halogens is 2. The lowest BCUT2D eigenvalue weighted by molar-refractivity contribution is 0.0276. The fourth-order valence-corrected chi connectivity index (χ4v) is 1.94. The van der Waals surface area contributed by atoms with Crippen LogP contribution in [-0.2, 0) is 5.60 Å². The number of nitrogens with zero attached hydrogens (tertiary/aromatic N) is 1. The van der Waals surface area contributed by atoms with Gasteiger partial charge in [0.25, 0.3) is 0 Å².